The van der Waals surface area contributed by atoms with Gasteiger partial charge in [0.2, 0.25) is 0 Å². The normalized spacial score (nSPS) is 10.8. The Balaban J connectivity index is 2.82. The zero-order valence-corrected chi connectivity index (χ0v) is 7.12. The summed E-state index contributed by atoms with van der Waals surface area (Å²) in [7, 11) is 1.96. The number of aromatic nitrogens is 2. The molecule has 0 saturated heterocycles. The quantitative estimate of drug-likeness (QED) is 0.621. The summed E-state index contributed by atoms with van der Waals surface area (Å²) in [5.41, 5.74) is 2.25. The highest BCUT2D eigenvalue weighted by Gasteiger charge is 2.03. The maximum Gasteiger partial charge on any atom is 0.0703 e. The third kappa shape index (κ3) is 0.916. The summed E-state index contributed by atoms with van der Waals surface area (Å²) < 4.78 is 1.90. The fraction of sp³-hybridized carbons (Fsp3) is 0.200. The molecule has 1 aromatic carbocycles. The lowest BCUT2D eigenvalue weighted by Gasteiger charge is -1.90. The van der Waals surface area contributed by atoms with Crippen molar-refractivity contribution in [2.45, 2.75) is 6.42 Å². The molecule has 0 aliphatic heterocycles. The lowest BCUT2D eigenvalue weighted by atomic mass is 10.2. The van der Waals surface area contributed by atoms with Crippen molar-refractivity contribution >= 4 is 10.9 Å². The second-order valence-corrected chi connectivity index (χ2v) is 2.84. The van der Waals surface area contributed by atoms with Crippen LogP contribution in [0.15, 0.2) is 24.3 Å². The average Bonchev–Trinajstić information content (AvgIpc) is 2.44. The van der Waals surface area contributed by atoms with Gasteiger partial charge >= 0.3 is 0 Å². The van der Waals surface area contributed by atoms with Gasteiger partial charge in [-0.3, -0.25) is 4.68 Å². The first-order chi connectivity index (χ1) is 5.83. The van der Waals surface area contributed by atoms with Crippen LogP contribution in [-0.2, 0) is 13.5 Å². The van der Waals surface area contributed by atoms with Crippen molar-refractivity contribution in [3.63, 3.8) is 0 Å². The van der Waals surface area contributed by atoms with Crippen LogP contribution >= 0.6 is 0 Å². The number of fused-ring (bicyclic) bond motifs is 1. The summed E-state index contributed by atoms with van der Waals surface area (Å²) in [4.78, 5) is 0. The zero-order chi connectivity index (χ0) is 8.55. The largest absolute Gasteiger partial charge is 0.268 e. The summed E-state index contributed by atoms with van der Waals surface area (Å²) in [6.45, 7) is 3.84. The first kappa shape index (κ1) is 7.35. The topological polar surface area (TPSA) is 17.8 Å². The van der Waals surface area contributed by atoms with Gasteiger partial charge < -0.3 is 0 Å². The monoisotopic (exact) mass is 159 g/mol. The highest BCUT2D eigenvalue weighted by Crippen LogP contribution is 2.16. The number of nitrogens with zero attached hydrogens (tertiary/aromatic N) is 2. The van der Waals surface area contributed by atoms with E-state index in [4.69, 9.17) is 0 Å². The minimum atomic E-state index is 0.751. The number of benzene rings is 1. The fourth-order valence-electron chi connectivity index (χ4n) is 1.47. The van der Waals surface area contributed by atoms with Crippen LogP contribution < -0.4 is 0 Å². The smallest absolute Gasteiger partial charge is 0.0703 e. The van der Waals surface area contributed by atoms with Crippen LogP contribution in [0.1, 0.15) is 5.69 Å². The third-order valence-electron chi connectivity index (χ3n) is 2.07. The molecule has 0 N–H and O–H groups in total. The second-order valence-electron chi connectivity index (χ2n) is 2.84. The van der Waals surface area contributed by atoms with E-state index >= 15 is 0 Å². The second kappa shape index (κ2) is 2.63. The van der Waals surface area contributed by atoms with Gasteiger partial charge in [-0.25, -0.2) is 0 Å². The Kier molecular flexibility index (Phi) is 1.61. The molecule has 2 aromatic rings. The molecular weight excluding hydrogens is 148 g/mol. The van der Waals surface area contributed by atoms with E-state index in [1.165, 1.54) is 10.9 Å². The molecular formula is C10H11N2. The van der Waals surface area contributed by atoms with Crippen molar-refractivity contribution in [1.29, 1.82) is 0 Å². The molecule has 0 unspecified atom stereocenters. The van der Waals surface area contributed by atoms with E-state index < -0.39 is 0 Å². The number of para-hydroxylation sites is 1. The van der Waals surface area contributed by atoms with Crippen molar-refractivity contribution in [1.82, 2.24) is 9.78 Å². The SMILES string of the molecule is [CH2]Cc1nn(C)c2ccccc12. The van der Waals surface area contributed by atoms with E-state index in [1.807, 2.05) is 23.9 Å². The number of aryl methyl sites for hydroxylation is 1. The van der Waals surface area contributed by atoms with Gasteiger partial charge in [0.1, 0.15) is 0 Å². The van der Waals surface area contributed by atoms with E-state index in [9.17, 15) is 0 Å². The molecule has 0 atom stereocenters. The zero-order valence-electron chi connectivity index (χ0n) is 7.12. The van der Waals surface area contributed by atoms with E-state index in [1.54, 1.807) is 0 Å². The van der Waals surface area contributed by atoms with Crippen molar-refractivity contribution in [3.8, 4) is 0 Å². The van der Waals surface area contributed by atoms with Gasteiger partial charge in [-0.2, -0.15) is 5.10 Å². The Bertz CT molecular complexity index is 401. The van der Waals surface area contributed by atoms with Gasteiger partial charge in [0.05, 0.1) is 11.2 Å². The Morgan fingerprint density at radius 3 is 2.92 bits per heavy atom. The Morgan fingerprint density at radius 1 is 1.42 bits per heavy atom. The lowest BCUT2D eigenvalue weighted by molar-refractivity contribution is 0.776. The summed E-state index contributed by atoms with van der Waals surface area (Å²) >= 11 is 0. The van der Waals surface area contributed by atoms with Gasteiger partial charge in [-0.1, -0.05) is 18.2 Å². The number of hydrogen-bond donors (Lipinski definition) is 0. The van der Waals surface area contributed by atoms with Gasteiger partial charge in [0, 0.05) is 12.4 Å². The van der Waals surface area contributed by atoms with Gasteiger partial charge in [0.25, 0.3) is 0 Å². The lowest BCUT2D eigenvalue weighted by Crippen LogP contribution is -1.90. The van der Waals surface area contributed by atoms with E-state index in [0.29, 0.717) is 0 Å². The molecule has 0 spiro atoms. The molecule has 0 amide bonds. The third-order valence-corrected chi connectivity index (χ3v) is 2.07. The standard InChI is InChI=1S/C10H11N2/c1-3-9-8-6-4-5-7-10(8)12(2)11-9/h4-7H,1,3H2,2H3. The van der Waals surface area contributed by atoms with Crippen molar-refractivity contribution in [2.75, 3.05) is 0 Å². The van der Waals surface area contributed by atoms with E-state index in [-0.39, 0.29) is 0 Å². The highest BCUT2D eigenvalue weighted by molar-refractivity contribution is 5.81. The summed E-state index contributed by atoms with van der Waals surface area (Å²) in [5.74, 6) is 0. The van der Waals surface area contributed by atoms with Crippen LogP contribution in [0, 0.1) is 6.92 Å². The Labute approximate surface area is 71.8 Å². The van der Waals surface area contributed by atoms with Crippen molar-refractivity contribution in [3.05, 3.63) is 36.9 Å². The first-order valence-electron chi connectivity index (χ1n) is 4.03. The molecule has 0 aliphatic rings. The molecule has 2 nitrogen and oxygen atoms in total. The highest BCUT2D eigenvalue weighted by atomic mass is 15.3. The van der Waals surface area contributed by atoms with E-state index in [2.05, 4.69) is 24.2 Å². The van der Waals surface area contributed by atoms with Crippen molar-refractivity contribution in [2.24, 2.45) is 7.05 Å². The number of hydrogen-bond acceptors (Lipinski definition) is 1. The molecule has 12 heavy (non-hydrogen) atoms. The van der Waals surface area contributed by atoms with Crippen LogP contribution in [0.5, 0.6) is 0 Å². The maximum atomic E-state index is 4.36. The molecule has 61 valence electrons. The predicted octanol–water partition coefficient (Wildman–Crippen LogP) is 1.95. The Hall–Kier alpha value is -1.31. The minimum absolute atomic E-state index is 0.751. The molecule has 0 bridgehead atoms. The van der Waals surface area contributed by atoms with Gasteiger partial charge in [0.15, 0.2) is 0 Å². The van der Waals surface area contributed by atoms with Crippen LogP contribution in [0.4, 0.5) is 0 Å². The van der Waals surface area contributed by atoms with Gasteiger partial charge in [-0.15, -0.1) is 0 Å². The maximum absolute atomic E-state index is 4.36. The number of rotatable bonds is 1. The molecule has 1 heterocycles. The Morgan fingerprint density at radius 2 is 2.17 bits per heavy atom. The molecule has 1 aromatic heterocycles. The average molecular weight is 159 g/mol. The minimum Gasteiger partial charge on any atom is -0.268 e. The summed E-state index contributed by atoms with van der Waals surface area (Å²) in [6.07, 6.45) is 0.751. The molecule has 0 aliphatic carbocycles. The van der Waals surface area contributed by atoms with Crippen LogP contribution in [0.25, 0.3) is 10.9 Å². The van der Waals surface area contributed by atoms with Gasteiger partial charge in [-0.05, 0) is 19.4 Å². The molecule has 2 heteroatoms. The van der Waals surface area contributed by atoms with Crippen molar-refractivity contribution < 1.29 is 0 Å². The summed E-state index contributed by atoms with van der Waals surface area (Å²) in [6, 6.07) is 8.21. The molecule has 1 radical (unpaired) electrons. The fourth-order valence-corrected chi connectivity index (χ4v) is 1.47. The predicted molar refractivity (Wildman–Crippen MR) is 49.8 cm³/mol. The molecule has 2 rings (SSSR count). The van der Waals surface area contributed by atoms with Crippen LogP contribution in [0.2, 0.25) is 0 Å². The molecule has 0 saturated carbocycles. The van der Waals surface area contributed by atoms with Crippen LogP contribution in [0.3, 0.4) is 0 Å². The van der Waals surface area contributed by atoms with E-state index in [0.717, 1.165) is 12.1 Å². The summed E-state index contributed by atoms with van der Waals surface area (Å²) in [5, 5.41) is 5.58. The van der Waals surface area contributed by atoms with Crippen LogP contribution in [-0.4, -0.2) is 9.78 Å². The molecule has 0 fully saturated rings. The first-order valence-corrected chi connectivity index (χ1v) is 4.03.